The van der Waals surface area contributed by atoms with Crippen LogP contribution < -0.4 is 10.1 Å². The minimum Gasteiger partial charge on any atom is -0.497 e. The molecule has 1 heterocycles. The van der Waals surface area contributed by atoms with Crippen LogP contribution >= 0.6 is 15.9 Å². The first-order valence-corrected chi connectivity index (χ1v) is 6.46. The number of rotatable bonds is 5. The molecular formula is C13H15BrN2O2. The highest BCUT2D eigenvalue weighted by Crippen LogP contribution is 2.27. The molecule has 0 saturated carbocycles. The van der Waals surface area contributed by atoms with Gasteiger partial charge in [-0.15, -0.1) is 0 Å². The van der Waals surface area contributed by atoms with Crippen molar-refractivity contribution in [2.75, 3.05) is 7.11 Å². The Balaban J connectivity index is 2.02. The molecule has 1 aromatic heterocycles. The Bertz CT molecular complexity index is 500. The summed E-state index contributed by atoms with van der Waals surface area (Å²) in [6.07, 6.45) is 1.57. The van der Waals surface area contributed by atoms with Gasteiger partial charge < -0.3 is 14.6 Å². The number of halogens is 1. The summed E-state index contributed by atoms with van der Waals surface area (Å²) in [7, 11) is 1.66. The van der Waals surface area contributed by atoms with Crippen LogP contribution in [0.5, 0.6) is 5.75 Å². The standard InChI is InChI=1S/C13H15BrN2O2/c1-9(15-8-10-5-6-18-16-10)12-4-3-11(17-2)7-13(12)14/h3-7,9,15H,8H2,1-2H3/t9-/m0/s1. The van der Waals surface area contributed by atoms with E-state index in [-0.39, 0.29) is 6.04 Å². The lowest BCUT2D eigenvalue weighted by Gasteiger charge is -2.15. The maximum atomic E-state index is 5.18. The van der Waals surface area contributed by atoms with Crippen LogP contribution in [0.25, 0.3) is 0 Å². The molecular weight excluding hydrogens is 296 g/mol. The molecule has 0 saturated heterocycles. The van der Waals surface area contributed by atoms with Gasteiger partial charge in [-0.2, -0.15) is 0 Å². The Morgan fingerprint density at radius 2 is 2.28 bits per heavy atom. The molecule has 0 bridgehead atoms. The summed E-state index contributed by atoms with van der Waals surface area (Å²) in [5.74, 6) is 0.842. The van der Waals surface area contributed by atoms with Crippen LogP contribution in [-0.4, -0.2) is 12.3 Å². The van der Waals surface area contributed by atoms with Crippen molar-refractivity contribution in [1.82, 2.24) is 10.5 Å². The molecule has 2 rings (SSSR count). The van der Waals surface area contributed by atoms with Crippen LogP contribution in [0, 0.1) is 0 Å². The second-order valence-corrected chi connectivity index (χ2v) is 4.84. The van der Waals surface area contributed by atoms with Crippen LogP contribution in [0.15, 0.2) is 39.5 Å². The molecule has 0 fully saturated rings. The molecule has 2 aromatic rings. The maximum absolute atomic E-state index is 5.18. The highest BCUT2D eigenvalue weighted by Gasteiger charge is 2.10. The Labute approximate surface area is 114 Å². The van der Waals surface area contributed by atoms with Crippen LogP contribution in [0.3, 0.4) is 0 Å². The molecule has 18 heavy (non-hydrogen) atoms. The molecule has 1 atom stereocenters. The molecule has 96 valence electrons. The molecule has 1 aromatic carbocycles. The molecule has 0 aliphatic rings. The summed E-state index contributed by atoms with van der Waals surface area (Å²) >= 11 is 3.55. The fourth-order valence-corrected chi connectivity index (χ4v) is 2.38. The van der Waals surface area contributed by atoms with Crippen molar-refractivity contribution < 1.29 is 9.26 Å². The third-order valence-corrected chi connectivity index (χ3v) is 3.44. The highest BCUT2D eigenvalue weighted by molar-refractivity contribution is 9.10. The van der Waals surface area contributed by atoms with E-state index in [2.05, 4.69) is 33.3 Å². The van der Waals surface area contributed by atoms with Crippen molar-refractivity contribution in [2.24, 2.45) is 0 Å². The Morgan fingerprint density at radius 1 is 1.44 bits per heavy atom. The van der Waals surface area contributed by atoms with Crippen molar-refractivity contribution in [3.8, 4) is 5.75 Å². The smallest absolute Gasteiger partial charge is 0.124 e. The number of ether oxygens (including phenoxy) is 1. The molecule has 0 radical (unpaired) electrons. The molecule has 1 N–H and O–H groups in total. The number of methoxy groups -OCH3 is 1. The van der Waals surface area contributed by atoms with E-state index in [9.17, 15) is 0 Å². The molecule has 0 unspecified atom stereocenters. The van der Waals surface area contributed by atoms with Gasteiger partial charge in [0.25, 0.3) is 0 Å². The lowest BCUT2D eigenvalue weighted by molar-refractivity contribution is 0.405. The number of hydrogen-bond acceptors (Lipinski definition) is 4. The van der Waals surface area contributed by atoms with E-state index in [1.54, 1.807) is 13.4 Å². The van der Waals surface area contributed by atoms with Gasteiger partial charge in [-0.1, -0.05) is 27.2 Å². The Kier molecular flexibility index (Phi) is 4.38. The lowest BCUT2D eigenvalue weighted by atomic mass is 10.1. The van der Waals surface area contributed by atoms with E-state index in [0.717, 1.165) is 15.9 Å². The molecule has 0 amide bonds. The van der Waals surface area contributed by atoms with E-state index in [1.165, 1.54) is 5.56 Å². The number of nitrogens with zero attached hydrogens (tertiary/aromatic N) is 1. The molecule has 0 spiro atoms. The second-order valence-electron chi connectivity index (χ2n) is 3.98. The fourth-order valence-electron chi connectivity index (χ4n) is 1.68. The summed E-state index contributed by atoms with van der Waals surface area (Å²) in [5, 5.41) is 7.25. The highest BCUT2D eigenvalue weighted by atomic mass is 79.9. The van der Waals surface area contributed by atoms with E-state index < -0.39 is 0 Å². The average Bonchev–Trinajstić information content (AvgIpc) is 2.88. The molecule has 0 aliphatic heterocycles. The third kappa shape index (κ3) is 3.11. The summed E-state index contributed by atoms with van der Waals surface area (Å²) in [4.78, 5) is 0. The van der Waals surface area contributed by atoms with E-state index in [1.807, 2.05) is 24.3 Å². The van der Waals surface area contributed by atoms with Crippen molar-refractivity contribution in [3.05, 3.63) is 46.3 Å². The van der Waals surface area contributed by atoms with Gasteiger partial charge in [0.05, 0.1) is 12.8 Å². The number of nitrogens with one attached hydrogen (secondary N) is 1. The van der Waals surface area contributed by atoms with Crippen LogP contribution in [0.2, 0.25) is 0 Å². The van der Waals surface area contributed by atoms with Gasteiger partial charge in [-0.25, -0.2) is 0 Å². The summed E-state index contributed by atoms with van der Waals surface area (Å²) < 4.78 is 11.0. The van der Waals surface area contributed by atoms with Gasteiger partial charge in [-0.3, -0.25) is 0 Å². The first-order chi connectivity index (χ1) is 8.70. The minimum absolute atomic E-state index is 0.210. The SMILES string of the molecule is COc1ccc([C@H](C)NCc2ccon2)c(Br)c1. The van der Waals surface area contributed by atoms with Crippen LogP contribution in [-0.2, 0) is 6.54 Å². The zero-order chi connectivity index (χ0) is 13.0. The quantitative estimate of drug-likeness (QED) is 0.920. The van der Waals surface area contributed by atoms with Crippen LogP contribution in [0.1, 0.15) is 24.2 Å². The van der Waals surface area contributed by atoms with Crippen LogP contribution in [0.4, 0.5) is 0 Å². The third-order valence-electron chi connectivity index (χ3n) is 2.75. The molecule has 4 nitrogen and oxygen atoms in total. The number of benzene rings is 1. The topological polar surface area (TPSA) is 47.3 Å². The van der Waals surface area contributed by atoms with E-state index in [4.69, 9.17) is 9.26 Å². The van der Waals surface area contributed by atoms with E-state index in [0.29, 0.717) is 6.54 Å². The minimum atomic E-state index is 0.210. The first-order valence-electron chi connectivity index (χ1n) is 5.67. The zero-order valence-electron chi connectivity index (χ0n) is 10.3. The van der Waals surface area contributed by atoms with Crippen molar-refractivity contribution in [2.45, 2.75) is 19.5 Å². The second kappa shape index (κ2) is 6.02. The average molecular weight is 311 g/mol. The molecule has 5 heteroatoms. The summed E-state index contributed by atoms with van der Waals surface area (Å²) in [6.45, 7) is 2.78. The van der Waals surface area contributed by atoms with Gasteiger partial charge in [0.15, 0.2) is 0 Å². The summed E-state index contributed by atoms with van der Waals surface area (Å²) in [6, 6.07) is 8.02. The fraction of sp³-hybridized carbons (Fsp3) is 0.308. The maximum Gasteiger partial charge on any atom is 0.124 e. The zero-order valence-corrected chi connectivity index (χ0v) is 11.9. The van der Waals surface area contributed by atoms with E-state index >= 15 is 0 Å². The van der Waals surface area contributed by atoms with Crippen molar-refractivity contribution >= 4 is 15.9 Å². The van der Waals surface area contributed by atoms with Gasteiger partial charge in [0.1, 0.15) is 12.0 Å². The lowest BCUT2D eigenvalue weighted by Crippen LogP contribution is -2.18. The van der Waals surface area contributed by atoms with Crippen molar-refractivity contribution in [3.63, 3.8) is 0 Å². The van der Waals surface area contributed by atoms with Gasteiger partial charge in [0, 0.05) is 23.1 Å². The normalized spacial score (nSPS) is 12.4. The van der Waals surface area contributed by atoms with Gasteiger partial charge in [-0.05, 0) is 24.6 Å². The summed E-state index contributed by atoms with van der Waals surface area (Å²) in [5.41, 5.74) is 2.07. The van der Waals surface area contributed by atoms with Crippen molar-refractivity contribution in [1.29, 1.82) is 0 Å². The van der Waals surface area contributed by atoms with Gasteiger partial charge in [0.2, 0.25) is 0 Å². The Hall–Kier alpha value is -1.33. The number of hydrogen-bond donors (Lipinski definition) is 1. The predicted octanol–water partition coefficient (Wildman–Crippen LogP) is 3.30. The molecule has 0 aliphatic carbocycles. The largest absolute Gasteiger partial charge is 0.497 e. The predicted molar refractivity (Wildman–Crippen MR) is 72.5 cm³/mol. The monoisotopic (exact) mass is 310 g/mol. The first kappa shape index (κ1) is 13.1. The Morgan fingerprint density at radius 3 is 2.89 bits per heavy atom. The number of aromatic nitrogens is 1. The van der Waals surface area contributed by atoms with Gasteiger partial charge >= 0.3 is 0 Å².